The van der Waals surface area contributed by atoms with Crippen LogP contribution in [0.25, 0.3) is 0 Å². The van der Waals surface area contributed by atoms with Crippen molar-refractivity contribution in [1.82, 2.24) is 5.32 Å². The average Bonchev–Trinajstić information content (AvgIpc) is 2.61. The van der Waals surface area contributed by atoms with E-state index in [1.54, 1.807) is 7.11 Å². The zero-order valence-corrected chi connectivity index (χ0v) is 10.6. The van der Waals surface area contributed by atoms with Gasteiger partial charge in [-0.15, -0.1) is 0 Å². The zero-order valence-electron chi connectivity index (χ0n) is 9.80. The number of ether oxygens (including phenoxy) is 1. The van der Waals surface area contributed by atoms with Gasteiger partial charge >= 0.3 is 0 Å². The minimum atomic E-state index is 0.296. The molecule has 0 aromatic carbocycles. The van der Waals surface area contributed by atoms with Gasteiger partial charge in [-0.3, -0.25) is 0 Å². The molecule has 1 aliphatic heterocycles. The fourth-order valence-electron chi connectivity index (χ4n) is 1.72. The lowest BCUT2D eigenvalue weighted by Crippen LogP contribution is -2.43. The van der Waals surface area contributed by atoms with E-state index in [4.69, 9.17) is 4.74 Å². The standard InChI is InChI=1S/C11H23NOS/c1-9(10(2)13-4)12-8-11(3)6-5-7-14-11/h9-10,12H,5-8H2,1-4H3. The van der Waals surface area contributed by atoms with E-state index in [0.717, 1.165) is 6.54 Å². The zero-order chi connectivity index (χ0) is 10.6. The summed E-state index contributed by atoms with van der Waals surface area (Å²) in [5.41, 5.74) is 0. The number of hydrogen-bond acceptors (Lipinski definition) is 3. The van der Waals surface area contributed by atoms with Gasteiger partial charge in [0.25, 0.3) is 0 Å². The summed E-state index contributed by atoms with van der Waals surface area (Å²) in [6.07, 6.45) is 3.01. The minimum Gasteiger partial charge on any atom is -0.380 e. The van der Waals surface area contributed by atoms with Crippen LogP contribution in [-0.4, -0.2) is 36.3 Å². The Labute approximate surface area is 92.2 Å². The molecule has 3 atom stereocenters. The van der Waals surface area contributed by atoms with E-state index < -0.39 is 0 Å². The lowest BCUT2D eigenvalue weighted by molar-refractivity contribution is 0.0880. The third-order valence-corrected chi connectivity index (χ3v) is 4.71. The highest BCUT2D eigenvalue weighted by Gasteiger charge is 2.29. The molecule has 0 radical (unpaired) electrons. The average molecular weight is 217 g/mol. The largest absolute Gasteiger partial charge is 0.380 e. The smallest absolute Gasteiger partial charge is 0.0693 e. The van der Waals surface area contributed by atoms with Crippen LogP contribution in [0, 0.1) is 0 Å². The maximum atomic E-state index is 5.29. The Bertz CT molecular complexity index is 169. The highest BCUT2D eigenvalue weighted by molar-refractivity contribution is 8.00. The summed E-state index contributed by atoms with van der Waals surface area (Å²) in [6, 6.07) is 0.443. The van der Waals surface area contributed by atoms with Crippen LogP contribution < -0.4 is 5.32 Å². The monoisotopic (exact) mass is 217 g/mol. The molecule has 0 amide bonds. The van der Waals surface area contributed by atoms with Crippen LogP contribution >= 0.6 is 11.8 Å². The Morgan fingerprint density at radius 3 is 2.71 bits per heavy atom. The van der Waals surface area contributed by atoms with E-state index in [9.17, 15) is 0 Å². The Morgan fingerprint density at radius 1 is 1.50 bits per heavy atom. The predicted octanol–water partition coefficient (Wildman–Crippen LogP) is 2.29. The third-order valence-electron chi connectivity index (χ3n) is 3.17. The van der Waals surface area contributed by atoms with Crippen molar-refractivity contribution in [3.05, 3.63) is 0 Å². The molecule has 14 heavy (non-hydrogen) atoms. The Balaban J connectivity index is 2.25. The van der Waals surface area contributed by atoms with Crippen molar-refractivity contribution < 1.29 is 4.74 Å². The Hall–Kier alpha value is 0.270. The highest BCUT2D eigenvalue weighted by atomic mass is 32.2. The summed E-state index contributed by atoms with van der Waals surface area (Å²) in [5, 5.41) is 3.57. The first-order valence-corrected chi connectivity index (χ1v) is 6.46. The molecule has 0 saturated carbocycles. The first-order chi connectivity index (χ1) is 6.57. The molecule has 3 heteroatoms. The minimum absolute atomic E-state index is 0.296. The van der Waals surface area contributed by atoms with Crippen LogP contribution in [0.4, 0.5) is 0 Å². The molecule has 0 aromatic heterocycles. The van der Waals surface area contributed by atoms with Crippen molar-refractivity contribution in [3.63, 3.8) is 0 Å². The molecule has 2 nitrogen and oxygen atoms in total. The lowest BCUT2D eigenvalue weighted by Gasteiger charge is -2.27. The molecule has 0 aliphatic carbocycles. The predicted molar refractivity (Wildman–Crippen MR) is 64.0 cm³/mol. The highest BCUT2D eigenvalue weighted by Crippen LogP contribution is 2.37. The molecule has 1 rings (SSSR count). The second-order valence-corrected chi connectivity index (χ2v) is 6.19. The maximum absolute atomic E-state index is 5.29. The van der Waals surface area contributed by atoms with Crippen molar-refractivity contribution in [2.24, 2.45) is 0 Å². The number of hydrogen-bond donors (Lipinski definition) is 1. The molecule has 1 heterocycles. The van der Waals surface area contributed by atoms with Gasteiger partial charge in [0.1, 0.15) is 0 Å². The summed E-state index contributed by atoms with van der Waals surface area (Å²) < 4.78 is 5.75. The number of rotatable bonds is 5. The molecule has 0 spiro atoms. The topological polar surface area (TPSA) is 21.3 Å². The first kappa shape index (κ1) is 12.3. The second kappa shape index (κ2) is 5.38. The number of methoxy groups -OCH3 is 1. The van der Waals surface area contributed by atoms with E-state index >= 15 is 0 Å². The van der Waals surface area contributed by atoms with Gasteiger partial charge in [-0.2, -0.15) is 11.8 Å². The van der Waals surface area contributed by atoms with E-state index in [1.165, 1.54) is 18.6 Å². The SMILES string of the molecule is COC(C)C(C)NCC1(C)CCCS1. The maximum Gasteiger partial charge on any atom is 0.0693 e. The van der Waals surface area contributed by atoms with Crippen LogP contribution in [0.2, 0.25) is 0 Å². The quantitative estimate of drug-likeness (QED) is 0.763. The van der Waals surface area contributed by atoms with Crippen LogP contribution in [0.15, 0.2) is 0 Å². The van der Waals surface area contributed by atoms with Crippen molar-refractivity contribution in [2.45, 2.75) is 50.5 Å². The first-order valence-electron chi connectivity index (χ1n) is 5.47. The fraction of sp³-hybridized carbons (Fsp3) is 1.00. The molecule has 1 aliphatic rings. The summed E-state index contributed by atoms with van der Waals surface area (Å²) >= 11 is 2.10. The third kappa shape index (κ3) is 3.44. The van der Waals surface area contributed by atoms with E-state index in [1.807, 2.05) is 0 Å². The molecular weight excluding hydrogens is 194 g/mol. The van der Waals surface area contributed by atoms with Crippen LogP contribution in [0.3, 0.4) is 0 Å². The van der Waals surface area contributed by atoms with Gasteiger partial charge in [-0.1, -0.05) is 0 Å². The van der Waals surface area contributed by atoms with Crippen LogP contribution in [0.5, 0.6) is 0 Å². The molecule has 84 valence electrons. The Morgan fingerprint density at radius 2 is 2.21 bits per heavy atom. The van der Waals surface area contributed by atoms with Crippen LogP contribution in [-0.2, 0) is 4.74 Å². The molecule has 0 bridgehead atoms. The fourth-order valence-corrected chi connectivity index (χ4v) is 2.98. The van der Waals surface area contributed by atoms with Gasteiger partial charge in [-0.05, 0) is 39.4 Å². The van der Waals surface area contributed by atoms with Gasteiger partial charge in [0, 0.05) is 24.4 Å². The molecule has 0 aromatic rings. The van der Waals surface area contributed by atoms with Gasteiger partial charge in [-0.25, -0.2) is 0 Å². The van der Waals surface area contributed by atoms with Crippen molar-refractivity contribution >= 4 is 11.8 Å². The molecule has 1 N–H and O–H groups in total. The van der Waals surface area contributed by atoms with Crippen molar-refractivity contribution in [1.29, 1.82) is 0 Å². The molecule has 1 fully saturated rings. The van der Waals surface area contributed by atoms with Gasteiger partial charge in [0.2, 0.25) is 0 Å². The van der Waals surface area contributed by atoms with Gasteiger partial charge < -0.3 is 10.1 Å². The van der Waals surface area contributed by atoms with E-state index in [0.29, 0.717) is 16.9 Å². The number of thioether (sulfide) groups is 1. The molecule has 3 unspecified atom stereocenters. The van der Waals surface area contributed by atoms with Crippen molar-refractivity contribution in [2.75, 3.05) is 19.4 Å². The second-order valence-electron chi connectivity index (χ2n) is 4.51. The summed E-state index contributed by atoms with van der Waals surface area (Å²) in [4.78, 5) is 0. The van der Waals surface area contributed by atoms with Crippen LogP contribution in [0.1, 0.15) is 33.6 Å². The summed E-state index contributed by atoms with van der Waals surface area (Å²) in [6.45, 7) is 7.77. The van der Waals surface area contributed by atoms with E-state index in [2.05, 4.69) is 37.8 Å². The molecular formula is C11H23NOS. The molecule has 1 saturated heterocycles. The van der Waals surface area contributed by atoms with Crippen molar-refractivity contribution in [3.8, 4) is 0 Å². The van der Waals surface area contributed by atoms with E-state index in [-0.39, 0.29) is 0 Å². The number of nitrogens with one attached hydrogen (secondary N) is 1. The normalized spacial score (nSPS) is 31.7. The Kier molecular flexibility index (Phi) is 4.74. The van der Waals surface area contributed by atoms with Gasteiger partial charge in [0.05, 0.1) is 6.10 Å². The summed E-state index contributed by atoms with van der Waals surface area (Å²) in [5.74, 6) is 1.33. The lowest BCUT2D eigenvalue weighted by atomic mass is 10.0. The summed E-state index contributed by atoms with van der Waals surface area (Å²) in [7, 11) is 1.77. The van der Waals surface area contributed by atoms with Gasteiger partial charge in [0.15, 0.2) is 0 Å².